The summed E-state index contributed by atoms with van der Waals surface area (Å²) in [6.07, 6.45) is 3.80. The number of hydrogen-bond donors (Lipinski definition) is 1. The lowest BCUT2D eigenvalue weighted by molar-refractivity contribution is -0.127. The zero-order valence-corrected chi connectivity index (χ0v) is 13.5. The molecule has 2 atom stereocenters. The van der Waals surface area contributed by atoms with Crippen molar-refractivity contribution in [3.8, 4) is 0 Å². The number of carbonyl (C=O) groups excluding carboxylic acids is 2. The number of piperidine rings is 1. The Kier molecular flexibility index (Phi) is 5.99. The van der Waals surface area contributed by atoms with Crippen LogP contribution >= 0.6 is 0 Å². The molecule has 0 aliphatic carbocycles. The highest BCUT2D eigenvalue weighted by molar-refractivity contribution is 5.94. The molecule has 22 heavy (non-hydrogen) atoms. The van der Waals surface area contributed by atoms with E-state index in [1.807, 2.05) is 42.2 Å². The van der Waals surface area contributed by atoms with Gasteiger partial charge in [-0.15, -0.1) is 0 Å². The predicted octanol–water partition coefficient (Wildman–Crippen LogP) is 2.84. The van der Waals surface area contributed by atoms with Crippen LogP contribution in [-0.4, -0.2) is 35.8 Å². The fourth-order valence-corrected chi connectivity index (χ4v) is 3.00. The minimum Gasteiger partial charge on any atom is -0.353 e. The fraction of sp³-hybridized carbons (Fsp3) is 0.556. The van der Waals surface area contributed by atoms with Gasteiger partial charge in [0, 0.05) is 24.7 Å². The van der Waals surface area contributed by atoms with E-state index in [0.29, 0.717) is 12.1 Å². The van der Waals surface area contributed by atoms with Gasteiger partial charge in [0.25, 0.3) is 5.91 Å². The van der Waals surface area contributed by atoms with Crippen LogP contribution in [0.4, 0.5) is 0 Å². The summed E-state index contributed by atoms with van der Waals surface area (Å²) in [6, 6.07) is 9.50. The molecule has 0 saturated carbocycles. The summed E-state index contributed by atoms with van der Waals surface area (Å²) in [7, 11) is 0. The maximum atomic E-state index is 12.5. The molecular weight excluding hydrogens is 276 g/mol. The maximum Gasteiger partial charge on any atom is 0.253 e. The molecule has 1 aliphatic rings. The van der Waals surface area contributed by atoms with Crippen molar-refractivity contribution in [1.29, 1.82) is 0 Å². The third kappa shape index (κ3) is 4.33. The van der Waals surface area contributed by atoms with Gasteiger partial charge in [0.2, 0.25) is 5.91 Å². The number of nitrogens with one attached hydrogen (secondary N) is 1. The number of benzene rings is 1. The molecule has 0 radical (unpaired) electrons. The third-order valence-electron chi connectivity index (χ3n) is 4.21. The molecule has 0 bridgehead atoms. The number of amides is 2. The Hall–Kier alpha value is -1.84. The Morgan fingerprint density at radius 3 is 2.73 bits per heavy atom. The Bertz CT molecular complexity index is 501. The van der Waals surface area contributed by atoms with Gasteiger partial charge in [0.15, 0.2) is 0 Å². The van der Waals surface area contributed by atoms with Crippen LogP contribution in [0.3, 0.4) is 0 Å². The van der Waals surface area contributed by atoms with Gasteiger partial charge in [-0.2, -0.15) is 0 Å². The Morgan fingerprint density at radius 1 is 1.32 bits per heavy atom. The summed E-state index contributed by atoms with van der Waals surface area (Å²) in [4.78, 5) is 26.6. The van der Waals surface area contributed by atoms with E-state index in [1.54, 1.807) is 0 Å². The van der Waals surface area contributed by atoms with E-state index in [1.165, 1.54) is 0 Å². The van der Waals surface area contributed by atoms with Gasteiger partial charge >= 0.3 is 0 Å². The lowest BCUT2D eigenvalue weighted by Gasteiger charge is -2.32. The second-order valence-electron chi connectivity index (χ2n) is 6.15. The SMILES string of the molecule is CCC[C@@H](C)NC(=O)[C@H]1CCCN(C(=O)c2ccccc2)C1. The molecule has 4 nitrogen and oxygen atoms in total. The van der Waals surface area contributed by atoms with Gasteiger partial charge in [-0.05, 0) is 38.3 Å². The van der Waals surface area contributed by atoms with Gasteiger partial charge in [-0.3, -0.25) is 9.59 Å². The summed E-state index contributed by atoms with van der Waals surface area (Å²) in [5.41, 5.74) is 0.697. The van der Waals surface area contributed by atoms with Gasteiger partial charge in [-0.25, -0.2) is 0 Å². The first-order chi connectivity index (χ1) is 10.6. The van der Waals surface area contributed by atoms with E-state index in [2.05, 4.69) is 12.2 Å². The molecule has 0 spiro atoms. The van der Waals surface area contributed by atoms with Crippen molar-refractivity contribution in [3.63, 3.8) is 0 Å². The van der Waals surface area contributed by atoms with Crippen LogP contribution in [0.5, 0.6) is 0 Å². The van der Waals surface area contributed by atoms with Crippen LogP contribution in [0.15, 0.2) is 30.3 Å². The molecule has 1 N–H and O–H groups in total. The number of nitrogens with zero attached hydrogens (tertiary/aromatic N) is 1. The molecule has 1 aliphatic heterocycles. The maximum absolute atomic E-state index is 12.5. The highest BCUT2D eigenvalue weighted by Crippen LogP contribution is 2.19. The lowest BCUT2D eigenvalue weighted by Crippen LogP contribution is -2.47. The second-order valence-corrected chi connectivity index (χ2v) is 6.15. The molecule has 1 saturated heterocycles. The summed E-state index contributed by atoms with van der Waals surface area (Å²) >= 11 is 0. The van der Waals surface area contributed by atoms with Crippen molar-refractivity contribution in [3.05, 3.63) is 35.9 Å². The molecule has 1 aromatic rings. The van der Waals surface area contributed by atoms with Crippen molar-refractivity contribution in [2.45, 2.75) is 45.6 Å². The van der Waals surface area contributed by atoms with E-state index in [4.69, 9.17) is 0 Å². The van der Waals surface area contributed by atoms with Gasteiger partial charge in [0.05, 0.1) is 5.92 Å². The normalized spacial score (nSPS) is 19.5. The van der Waals surface area contributed by atoms with Crippen LogP contribution in [0, 0.1) is 5.92 Å². The first kappa shape index (κ1) is 16.5. The van der Waals surface area contributed by atoms with Crippen molar-refractivity contribution in [2.75, 3.05) is 13.1 Å². The Morgan fingerprint density at radius 2 is 2.05 bits per heavy atom. The molecule has 0 unspecified atom stereocenters. The standard InChI is InChI=1S/C18H26N2O2/c1-3-8-14(2)19-17(21)16-11-7-12-20(13-16)18(22)15-9-5-4-6-10-15/h4-6,9-10,14,16H,3,7-8,11-13H2,1-2H3,(H,19,21)/t14-,16+/m1/s1. The number of hydrogen-bond acceptors (Lipinski definition) is 2. The molecule has 2 amide bonds. The van der Waals surface area contributed by atoms with Crippen LogP contribution in [0.25, 0.3) is 0 Å². The lowest BCUT2D eigenvalue weighted by atomic mass is 9.96. The van der Waals surface area contributed by atoms with E-state index < -0.39 is 0 Å². The molecule has 1 heterocycles. The quantitative estimate of drug-likeness (QED) is 0.909. The second kappa shape index (κ2) is 7.97. The van der Waals surface area contributed by atoms with E-state index >= 15 is 0 Å². The monoisotopic (exact) mass is 302 g/mol. The van der Waals surface area contributed by atoms with E-state index in [0.717, 1.165) is 32.2 Å². The van der Waals surface area contributed by atoms with Crippen molar-refractivity contribution < 1.29 is 9.59 Å². The minimum absolute atomic E-state index is 0.0275. The topological polar surface area (TPSA) is 49.4 Å². The molecular formula is C18H26N2O2. The van der Waals surface area contributed by atoms with Gasteiger partial charge in [-0.1, -0.05) is 31.5 Å². The molecule has 1 fully saturated rings. The summed E-state index contributed by atoms with van der Waals surface area (Å²) < 4.78 is 0. The minimum atomic E-state index is -0.0827. The van der Waals surface area contributed by atoms with Crippen molar-refractivity contribution in [2.24, 2.45) is 5.92 Å². The summed E-state index contributed by atoms with van der Waals surface area (Å²) in [5.74, 6) is 0.0342. The highest BCUT2D eigenvalue weighted by atomic mass is 16.2. The predicted molar refractivity (Wildman–Crippen MR) is 87.6 cm³/mol. The first-order valence-corrected chi connectivity index (χ1v) is 8.26. The molecule has 1 aromatic carbocycles. The average molecular weight is 302 g/mol. The molecule has 2 rings (SSSR count). The average Bonchev–Trinajstić information content (AvgIpc) is 2.55. The van der Waals surface area contributed by atoms with E-state index in [-0.39, 0.29) is 23.8 Å². The molecule has 0 aromatic heterocycles. The van der Waals surface area contributed by atoms with E-state index in [9.17, 15) is 9.59 Å². The van der Waals surface area contributed by atoms with Crippen LogP contribution < -0.4 is 5.32 Å². The Balaban J connectivity index is 1.94. The van der Waals surface area contributed by atoms with Gasteiger partial charge < -0.3 is 10.2 Å². The van der Waals surface area contributed by atoms with Crippen molar-refractivity contribution >= 4 is 11.8 Å². The number of likely N-dealkylation sites (tertiary alicyclic amines) is 1. The van der Waals surface area contributed by atoms with Crippen LogP contribution in [0.2, 0.25) is 0 Å². The molecule has 120 valence electrons. The van der Waals surface area contributed by atoms with Crippen LogP contribution in [-0.2, 0) is 4.79 Å². The highest BCUT2D eigenvalue weighted by Gasteiger charge is 2.29. The Labute approximate surface area is 132 Å². The zero-order chi connectivity index (χ0) is 15.9. The fourth-order valence-electron chi connectivity index (χ4n) is 3.00. The first-order valence-electron chi connectivity index (χ1n) is 8.26. The summed E-state index contributed by atoms with van der Waals surface area (Å²) in [6.45, 7) is 5.42. The number of carbonyl (C=O) groups is 2. The zero-order valence-electron chi connectivity index (χ0n) is 13.5. The van der Waals surface area contributed by atoms with Crippen LogP contribution in [0.1, 0.15) is 49.9 Å². The largest absolute Gasteiger partial charge is 0.353 e. The summed E-state index contributed by atoms with van der Waals surface area (Å²) in [5, 5.41) is 3.07. The van der Waals surface area contributed by atoms with Gasteiger partial charge in [0.1, 0.15) is 0 Å². The van der Waals surface area contributed by atoms with Crippen molar-refractivity contribution in [1.82, 2.24) is 10.2 Å². The third-order valence-corrected chi connectivity index (χ3v) is 4.21. The smallest absolute Gasteiger partial charge is 0.253 e. The molecule has 4 heteroatoms. The number of rotatable bonds is 5.